The van der Waals surface area contributed by atoms with E-state index in [1.54, 1.807) is 24.1 Å². The van der Waals surface area contributed by atoms with Crippen LogP contribution in [0.4, 0.5) is 11.4 Å². The Balaban J connectivity index is 2.10. The summed E-state index contributed by atoms with van der Waals surface area (Å²) in [5.74, 6) is 1.15. The maximum absolute atomic E-state index is 12.4. The lowest BCUT2D eigenvalue weighted by molar-refractivity contribution is -0.116. The monoisotopic (exact) mass is 372 g/mol. The quantitative estimate of drug-likeness (QED) is 0.809. The molecule has 0 aliphatic rings. The molecule has 0 heterocycles. The van der Waals surface area contributed by atoms with E-state index < -0.39 is 0 Å². The van der Waals surface area contributed by atoms with Crippen molar-refractivity contribution in [3.05, 3.63) is 42.0 Å². The fraction of sp³-hybridized carbons (Fsp3) is 0.300. The molecule has 1 N–H and O–H groups in total. The van der Waals surface area contributed by atoms with Crippen LogP contribution in [-0.4, -0.2) is 40.2 Å². The van der Waals surface area contributed by atoms with E-state index in [1.165, 1.54) is 28.3 Å². The molecule has 0 saturated carbocycles. The van der Waals surface area contributed by atoms with Gasteiger partial charge >= 0.3 is 0 Å². The molecule has 0 atom stereocenters. The fourth-order valence-electron chi connectivity index (χ4n) is 2.56. The number of rotatable bonds is 7. The van der Waals surface area contributed by atoms with Gasteiger partial charge < -0.3 is 24.4 Å². The molecule has 0 aromatic heterocycles. The highest BCUT2D eigenvalue weighted by atomic mass is 16.5. The third kappa shape index (κ3) is 4.91. The van der Waals surface area contributed by atoms with Crippen LogP contribution < -0.4 is 24.4 Å². The standard InChI is InChI=1S/C20H24N2O5/c1-13(23)22(2)16-8-6-14(7-9-16)10-19(24)21-15-11-17(25-3)20(27-5)18(12-15)26-4/h6-9,11-12H,10H2,1-5H3,(H,21,24). The molecule has 0 aliphatic carbocycles. The van der Waals surface area contributed by atoms with E-state index in [0.717, 1.165) is 11.3 Å². The summed E-state index contributed by atoms with van der Waals surface area (Å²) in [4.78, 5) is 25.3. The Hall–Kier alpha value is -3.22. The number of anilines is 2. The van der Waals surface area contributed by atoms with E-state index in [-0.39, 0.29) is 18.2 Å². The number of nitrogens with one attached hydrogen (secondary N) is 1. The number of nitrogens with zero attached hydrogens (tertiary/aromatic N) is 1. The summed E-state index contributed by atoms with van der Waals surface area (Å²) < 4.78 is 15.8. The number of amides is 2. The van der Waals surface area contributed by atoms with Gasteiger partial charge in [-0.15, -0.1) is 0 Å². The predicted octanol–water partition coefficient (Wildman–Crippen LogP) is 2.88. The second-order valence-electron chi connectivity index (χ2n) is 5.88. The van der Waals surface area contributed by atoms with Gasteiger partial charge in [0.1, 0.15) is 0 Å². The van der Waals surface area contributed by atoms with Crippen LogP contribution in [-0.2, 0) is 16.0 Å². The molecular weight excluding hydrogens is 348 g/mol. The molecule has 0 fully saturated rings. The van der Waals surface area contributed by atoms with Crippen LogP contribution in [0.25, 0.3) is 0 Å². The molecule has 27 heavy (non-hydrogen) atoms. The molecule has 0 saturated heterocycles. The van der Waals surface area contributed by atoms with E-state index >= 15 is 0 Å². The first-order valence-corrected chi connectivity index (χ1v) is 8.32. The number of carbonyl (C=O) groups excluding carboxylic acids is 2. The van der Waals surface area contributed by atoms with Crippen LogP contribution >= 0.6 is 0 Å². The minimum Gasteiger partial charge on any atom is -0.493 e. The van der Waals surface area contributed by atoms with E-state index in [0.29, 0.717) is 22.9 Å². The Bertz CT molecular complexity index is 793. The molecule has 0 aliphatic heterocycles. The van der Waals surface area contributed by atoms with Crippen LogP contribution in [0.15, 0.2) is 36.4 Å². The van der Waals surface area contributed by atoms with Crippen molar-refractivity contribution >= 4 is 23.2 Å². The molecule has 2 aromatic rings. The molecule has 0 radical (unpaired) electrons. The van der Waals surface area contributed by atoms with Gasteiger partial charge in [0, 0.05) is 37.5 Å². The molecule has 7 nitrogen and oxygen atoms in total. The molecule has 144 valence electrons. The minimum absolute atomic E-state index is 0.0529. The van der Waals surface area contributed by atoms with Gasteiger partial charge in [-0.1, -0.05) is 12.1 Å². The summed E-state index contributed by atoms with van der Waals surface area (Å²) in [6.45, 7) is 1.50. The zero-order chi connectivity index (χ0) is 20.0. The predicted molar refractivity (Wildman–Crippen MR) is 104 cm³/mol. The summed E-state index contributed by atoms with van der Waals surface area (Å²) >= 11 is 0. The average molecular weight is 372 g/mol. The fourth-order valence-corrected chi connectivity index (χ4v) is 2.56. The summed E-state index contributed by atoms with van der Waals surface area (Å²) in [6.07, 6.45) is 0.195. The zero-order valence-electron chi connectivity index (χ0n) is 16.2. The Kier molecular flexibility index (Phi) is 6.65. The maximum atomic E-state index is 12.4. The Morgan fingerprint density at radius 3 is 1.96 bits per heavy atom. The molecule has 2 aromatic carbocycles. The van der Waals surface area contributed by atoms with E-state index in [4.69, 9.17) is 14.2 Å². The first kappa shape index (κ1) is 20.1. The highest BCUT2D eigenvalue weighted by Crippen LogP contribution is 2.39. The van der Waals surface area contributed by atoms with Crippen molar-refractivity contribution in [1.29, 1.82) is 0 Å². The third-order valence-corrected chi connectivity index (χ3v) is 4.11. The van der Waals surface area contributed by atoms with Crippen LogP contribution in [0, 0.1) is 0 Å². The lowest BCUT2D eigenvalue weighted by Gasteiger charge is -2.16. The van der Waals surface area contributed by atoms with Gasteiger partial charge in [0.05, 0.1) is 27.8 Å². The summed E-state index contributed by atoms with van der Waals surface area (Å²) in [6, 6.07) is 10.6. The SMILES string of the molecule is COc1cc(NC(=O)Cc2ccc(N(C)C(C)=O)cc2)cc(OC)c1OC. The van der Waals surface area contributed by atoms with Crippen molar-refractivity contribution in [1.82, 2.24) is 0 Å². The molecular formula is C20H24N2O5. The number of carbonyl (C=O) groups is 2. The summed E-state index contributed by atoms with van der Waals surface area (Å²) in [5, 5.41) is 2.83. The van der Waals surface area contributed by atoms with Crippen molar-refractivity contribution in [2.75, 3.05) is 38.6 Å². The zero-order valence-corrected chi connectivity index (χ0v) is 16.2. The van der Waals surface area contributed by atoms with Crippen molar-refractivity contribution in [3.8, 4) is 17.2 Å². The van der Waals surface area contributed by atoms with Gasteiger partial charge in [0.2, 0.25) is 17.6 Å². The molecule has 0 unspecified atom stereocenters. The summed E-state index contributed by atoms with van der Waals surface area (Å²) in [5.41, 5.74) is 2.15. The number of ether oxygens (including phenoxy) is 3. The number of hydrogen-bond acceptors (Lipinski definition) is 5. The van der Waals surface area contributed by atoms with E-state index in [2.05, 4.69) is 5.32 Å². The first-order chi connectivity index (χ1) is 12.9. The Labute approximate surface area is 158 Å². The topological polar surface area (TPSA) is 77.1 Å². The van der Waals surface area contributed by atoms with Gasteiger partial charge in [0.25, 0.3) is 0 Å². The summed E-state index contributed by atoms with van der Waals surface area (Å²) in [7, 11) is 6.26. The van der Waals surface area contributed by atoms with E-state index in [9.17, 15) is 9.59 Å². The molecule has 2 rings (SSSR count). The minimum atomic E-state index is -0.183. The van der Waals surface area contributed by atoms with Crippen molar-refractivity contribution in [2.45, 2.75) is 13.3 Å². The van der Waals surface area contributed by atoms with Crippen molar-refractivity contribution in [2.24, 2.45) is 0 Å². The lowest BCUT2D eigenvalue weighted by atomic mass is 10.1. The van der Waals surface area contributed by atoms with E-state index in [1.807, 2.05) is 24.3 Å². The number of methoxy groups -OCH3 is 3. The molecule has 0 spiro atoms. The second kappa shape index (κ2) is 8.93. The van der Waals surface area contributed by atoms with Crippen LogP contribution in [0.5, 0.6) is 17.2 Å². The van der Waals surface area contributed by atoms with Crippen molar-refractivity contribution < 1.29 is 23.8 Å². The van der Waals surface area contributed by atoms with Gasteiger partial charge in [0.15, 0.2) is 11.5 Å². The highest BCUT2D eigenvalue weighted by Gasteiger charge is 2.15. The Morgan fingerprint density at radius 2 is 1.52 bits per heavy atom. The number of benzene rings is 2. The largest absolute Gasteiger partial charge is 0.493 e. The highest BCUT2D eigenvalue weighted by molar-refractivity contribution is 5.93. The Morgan fingerprint density at radius 1 is 0.963 bits per heavy atom. The molecule has 2 amide bonds. The van der Waals surface area contributed by atoms with Crippen LogP contribution in [0.1, 0.15) is 12.5 Å². The maximum Gasteiger partial charge on any atom is 0.228 e. The first-order valence-electron chi connectivity index (χ1n) is 8.32. The smallest absolute Gasteiger partial charge is 0.228 e. The van der Waals surface area contributed by atoms with Gasteiger partial charge in [-0.05, 0) is 17.7 Å². The van der Waals surface area contributed by atoms with Gasteiger partial charge in [-0.2, -0.15) is 0 Å². The molecule has 0 bridgehead atoms. The molecule has 7 heteroatoms. The van der Waals surface area contributed by atoms with Crippen molar-refractivity contribution in [3.63, 3.8) is 0 Å². The van der Waals surface area contributed by atoms with Gasteiger partial charge in [-0.25, -0.2) is 0 Å². The second-order valence-corrected chi connectivity index (χ2v) is 5.88. The normalized spacial score (nSPS) is 10.1. The number of hydrogen-bond donors (Lipinski definition) is 1. The average Bonchev–Trinajstić information content (AvgIpc) is 2.66. The van der Waals surface area contributed by atoms with Gasteiger partial charge in [-0.3, -0.25) is 9.59 Å². The lowest BCUT2D eigenvalue weighted by Crippen LogP contribution is -2.22. The van der Waals surface area contributed by atoms with Crippen LogP contribution in [0.3, 0.4) is 0 Å². The van der Waals surface area contributed by atoms with Crippen LogP contribution in [0.2, 0.25) is 0 Å². The third-order valence-electron chi connectivity index (χ3n) is 4.11.